The average molecular weight is 502 g/mol. The number of aromatic nitrogens is 3. The molecule has 0 amide bonds. The van der Waals surface area contributed by atoms with Crippen molar-refractivity contribution in [3.63, 3.8) is 0 Å². The summed E-state index contributed by atoms with van der Waals surface area (Å²) in [4.78, 5) is 16.1. The maximum absolute atomic E-state index is 11.6. The van der Waals surface area contributed by atoms with Crippen molar-refractivity contribution in [2.24, 2.45) is 0 Å². The highest BCUT2D eigenvalue weighted by molar-refractivity contribution is 7.13. The molecule has 0 radical (unpaired) electrons. The molecule has 2 heterocycles. The normalized spacial score (nSPS) is 11.8. The number of ether oxygens (including phenoxy) is 1. The van der Waals surface area contributed by atoms with Crippen LogP contribution in [0.1, 0.15) is 6.92 Å². The quantitative estimate of drug-likeness (QED) is 0.264. The second-order valence-corrected chi connectivity index (χ2v) is 9.11. The number of hydrogen-bond acceptors (Lipinski definition) is 5. The summed E-state index contributed by atoms with van der Waals surface area (Å²) in [6, 6.07) is 24.8. The molecule has 1 N–H and O–H groups in total. The molecule has 1 unspecified atom stereocenters. The van der Waals surface area contributed by atoms with Gasteiger partial charge in [0, 0.05) is 16.6 Å². The van der Waals surface area contributed by atoms with E-state index in [2.05, 4.69) is 4.98 Å². The molecule has 0 aliphatic rings. The number of benzene rings is 3. The highest BCUT2D eigenvalue weighted by atomic mass is 35.5. The number of aliphatic carboxylic acids is 1. The van der Waals surface area contributed by atoms with Crippen LogP contribution in [0.15, 0.2) is 90.4 Å². The predicted octanol–water partition coefficient (Wildman–Crippen LogP) is 6.84. The minimum Gasteiger partial charge on any atom is -0.479 e. The molecule has 5 aromatic rings. The summed E-state index contributed by atoms with van der Waals surface area (Å²) >= 11 is 7.63. The summed E-state index contributed by atoms with van der Waals surface area (Å²) in [6.07, 6.45) is 0.719. The van der Waals surface area contributed by atoms with Crippen molar-refractivity contribution in [2.45, 2.75) is 13.0 Å². The fraction of sp³-hybridized carbons (Fsp3) is 0.0741. The predicted molar refractivity (Wildman–Crippen MR) is 138 cm³/mol. The van der Waals surface area contributed by atoms with E-state index in [1.165, 1.54) is 18.3 Å². The van der Waals surface area contributed by atoms with Gasteiger partial charge in [0.25, 0.3) is 0 Å². The van der Waals surface area contributed by atoms with E-state index in [1.807, 2.05) is 82.9 Å². The highest BCUT2D eigenvalue weighted by Crippen LogP contribution is 2.41. The molecule has 0 saturated carbocycles. The average Bonchev–Trinajstić information content (AvgIpc) is 3.55. The summed E-state index contributed by atoms with van der Waals surface area (Å²) < 4.78 is 7.72. The van der Waals surface area contributed by atoms with E-state index in [0.29, 0.717) is 22.0 Å². The SMILES string of the molecule is CC(Oc1cccc(-c2ccccc2)c1-c1cc(-c2nccs2)n(-c2ccc(Cl)cc2)n1)C(=O)O. The molecule has 5 rings (SSSR count). The van der Waals surface area contributed by atoms with Crippen LogP contribution in [-0.4, -0.2) is 31.9 Å². The van der Waals surface area contributed by atoms with Crippen molar-refractivity contribution in [2.75, 3.05) is 0 Å². The van der Waals surface area contributed by atoms with Crippen LogP contribution in [0.2, 0.25) is 5.02 Å². The number of carbonyl (C=O) groups is 1. The third-order valence-corrected chi connectivity index (χ3v) is 6.50. The number of hydrogen-bond donors (Lipinski definition) is 1. The van der Waals surface area contributed by atoms with Crippen molar-refractivity contribution >= 4 is 28.9 Å². The minimum absolute atomic E-state index is 0.438. The van der Waals surface area contributed by atoms with Crippen molar-refractivity contribution in [1.29, 1.82) is 0 Å². The first-order valence-electron chi connectivity index (χ1n) is 10.9. The molecule has 8 heteroatoms. The zero-order chi connectivity index (χ0) is 24.4. The molecule has 174 valence electrons. The van der Waals surface area contributed by atoms with Gasteiger partial charge in [-0.05, 0) is 54.4 Å². The van der Waals surface area contributed by atoms with Crippen LogP contribution >= 0.6 is 22.9 Å². The van der Waals surface area contributed by atoms with E-state index in [-0.39, 0.29) is 0 Å². The number of thiazole rings is 1. The number of halogens is 1. The number of carboxylic acid groups (broad SMARTS) is 1. The summed E-state index contributed by atoms with van der Waals surface area (Å²) in [5, 5.41) is 17.8. The molecule has 0 spiro atoms. The second-order valence-electron chi connectivity index (χ2n) is 7.78. The first-order chi connectivity index (χ1) is 17.0. The standard InChI is InChI=1S/C27H20ClN3O3S/c1-17(27(32)33)34-24-9-5-8-21(18-6-3-2-4-7-18)25(24)22-16-23(26-29-14-15-35-26)31(30-22)20-12-10-19(28)11-13-20/h2-17H,1H3,(H,32,33). The van der Waals surface area contributed by atoms with Crippen LogP contribution in [0.25, 0.3) is 38.8 Å². The van der Waals surface area contributed by atoms with Gasteiger partial charge >= 0.3 is 5.97 Å². The van der Waals surface area contributed by atoms with E-state index in [0.717, 1.165) is 27.5 Å². The van der Waals surface area contributed by atoms with Crippen LogP contribution in [0.3, 0.4) is 0 Å². The molecule has 6 nitrogen and oxygen atoms in total. The maximum Gasteiger partial charge on any atom is 0.344 e. The smallest absolute Gasteiger partial charge is 0.344 e. The number of rotatable bonds is 7. The Bertz CT molecular complexity index is 1470. The Morgan fingerprint density at radius 2 is 1.83 bits per heavy atom. The van der Waals surface area contributed by atoms with Crippen LogP contribution < -0.4 is 4.74 Å². The van der Waals surface area contributed by atoms with Gasteiger partial charge in [-0.15, -0.1) is 11.3 Å². The van der Waals surface area contributed by atoms with Gasteiger partial charge in [0.1, 0.15) is 16.5 Å². The van der Waals surface area contributed by atoms with Gasteiger partial charge in [0.2, 0.25) is 0 Å². The van der Waals surface area contributed by atoms with Gasteiger partial charge in [-0.25, -0.2) is 14.5 Å². The lowest BCUT2D eigenvalue weighted by atomic mass is 9.96. The molecule has 0 aliphatic carbocycles. The monoisotopic (exact) mass is 501 g/mol. The number of carboxylic acids is 1. The van der Waals surface area contributed by atoms with Gasteiger partial charge in [-0.1, -0.05) is 54.1 Å². The fourth-order valence-corrected chi connectivity index (χ4v) is 4.54. The summed E-state index contributed by atoms with van der Waals surface area (Å²) in [6.45, 7) is 1.51. The molecular weight excluding hydrogens is 482 g/mol. The first-order valence-corrected chi connectivity index (χ1v) is 12.1. The van der Waals surface area contributed by atoms with Crippen molar-refractivity contribution in [1.82, 2.24) is 14.8 Å². The molecule has 2 aromatic heterocycles. The molecule has 0 aliphatic heterocycles. The zero-order valence-electron chi connectivity index (χ0n) is 18.6. The van der Waals surface area contributed by atoms with E-state index in [9.17, 15) is 9.90 Å². The van der Waals surface area contributed by atoms with Crippen molar-refractivity contribution in [3.05, 3.63) is 95.5 Å². The van der Waals surface area contributed by atoms with Gasteiger partial charge in [-0.2, -0.15) is 5.10 Å². The van der Waals surface area contributed by atoms with Crippen LogP contribution in [0.4, 0.5) is 0 Å². The van der Waals surface area contributed by atoms with E-state index < -0.39 is 12.1 Å². The molecule has 35 heavy (non-hydrogen) atoms. The van der Waals surface area contributed by atoms with Gasteiger partial charge in [0.05, 0.1) is 16.9 Å². The lowest BCUT2D eigenvalue weighted by molar-refractivity contribution is -0.144. The Hall–Kier alpha value is -3.94. The lowest BCUT2D eigenvalue weighted by Crippen LogP contribution is -2.23. The fourth-order valence-electron chi connectivity index (χ4n) is 3.78. The van der Waals surface area contributed by atoms with Gasteiger partial charge in [0.15, 0.2) is 6.10 Å². The Kier molecular flexibility index (Phi) is 6.35. The van der Waals surface area contributed by atoms with Gasteiger partial charge < -0.3 is 9.84 Å². The molecule has 1 atom stereocenters. The second kappa shape index (κ2) is 9.74. The Morgan fingerprint density at radius 3 is 2.51 bits per heavy atom. The topological polar surface area (TPSA) is 77.2 Å². The van der Waals surface area contributed by atoms with Crippen LogP contribution in [-0.2, 0) is 4.79 Å². The maximum atomic E-state index is 11.6. The summed E-state index contributed by atoms with van der Waals surface area (Å²) in [5.74, 6) is -0.607. The molecule has 0 saturated heterocycles. The Balaban J connectivity index is 1.75. The first kappa shape index (κ1) is 22.8. The lowest BCUT2D eigenvalue weighted by Gasteiger charge is -2.17. The largest absolute Gasteiger partial charge is 0.479 e. The molecular formula is C27H20ClN3O3S. The Labute approximate surface area is 211 Å². The molecule has 0 fully saturated rings. The summed E-state index contributed by atoms with van der Waals surface area (Å²) in [5.41, 5.74) is 4.82. The zero-order valence-corrected chi connectivity index (χ0v) is 20.2. The van der Waals surface area contributed by atoms with E-state index in [1.54, 1.807) is 12.3 Å². The van der Waals surface area contributed by atoms with E-state index in [4.69, 9.17) is 21.4 Å². The molecule has 0 bridgehead atoms. The Morgan fingerprint density at radius 1 is 1.06 bits per heavy atom. The van der Waals surface area contributed by atoms with Gasteiger partial charge in [-0.3, -0.25) is 0 Å². The third kappa shape index (κ3) is 4.69. The van der Waals surface area contributed by atoms with E-state index >= 15 is 0 Å². The van der Waals surface area contributed by atoms with Crippen molar-refractivity contribution < 1.29 is 14.6 Å². The van der Waals surface area contributed by atoms with Crippen LogP contribution in [0, 0.1) is 0 Å². The minimum atomic E-state index is -1.05. The third-order valence-electron chi connectivity index (χ3n) is 5.45. The molecule has 3 aromatic carbocycles. The highest BCUT2D eigenvalue weighted by Gasteiger charge is 2.23. The summed E-state index contributed by atoms with van der Waals surface area (Å²) in [7, 11) is 0. The van der Waals surface area contributed by atoms with Crippen molar-refractivity contribution in [3.8, 4) is 44.5 Å². The van der Waals surface area contributed by atoms with Crippen LogP contribution in [0.5, 0.6) is 5.75 Å². The number of nitrogens with zero attached hydrogens (tertiary/aromatic N) is 3.